The highest BCUT2D eigenvalue weighted by Gasteiger charge is 2.16. The summed E-state index contributed by atoms with van der Waals surface area (Å²) in [6.45, 7) is 3.97. The first-order valence-electron chi connectivity index (χ1n) is 6.36. The van der Waals surface area contributed by atoms with E-state index in [9.17, 15) is 4.79 Å². The normalized spacial score (nSPS) is 10.7. The highest BCUT2D eigenvalue weighted by molar-refractivity contribution is 6.06. The number of aromatic nitrogens is 4. The fraction of sp³-hybridized carbons (Fsp3) is 0.385. The van der Waals surface area contributed by atoms with Gasteiger partial charge in [0.25, 0.3) is 5.91 Å². The molecule has 20 heavy (non-hydrogen) atoms. The minimum Gasteiger partial charge on any atom is -0.385 e. The van der Waals surface area contributed by atoms with E-state index in [4.69, 9.17) is 0 Å². The van der Waals surface area contributed by atoms with Crippen molar-refractivity contribution in [2.45, 2.75) is 19.8 Å². The van der Waals surface area contributed by atoms with Crippen LogP contribution in [0.3, 0.4) is 0 Å². The maximum absolute atomic E-state index is 12.3. The number of hydrogen-bond donors (Lipinski definition) is 2. The van der Waals surface area contributed by atoms with Crippen LogP contribution in [0.2, 0.25) is 0 Å². The van der Waals surface area contributed by atoms with Crippen molar-refractivity contribution in [3.63, 3.8) is 0 Å². The van der Waals surface area contributed by atoms with Gasteiger partial charge in [-0.05, 0) is 0 Å². The van der Waals surface area contributed by atoms with Crippen molar-refractivity contribution in [1.29, 1.82) is 0 Å². The minimum absolute atomic E-state index is 0.158. The van der Waals surface area contributed by atoms with Gasteiger partial charge in [-0.25, -0.2) is 9.97 Å². The highest BCUT2D eigenvalue weighted by atomic mass is 16.1. The fourth-order valence-corrected chi connectivity index (χ4v) is 1.71. The van der Waals surface area contributed by atoms with Crippen LogP contribution >= 0.6 is 0 Å². The van der Waals surface area contributed by atoms with Crippen LogP contribution in [0, 0.1) is 0 Å². The van der Waals surface area contributed by atoms with Gasteiger partial charge in [-0.3, -0.25) is 9.48 Å². The Kier molecular flexibility index (Phi) is 3.97. The predicted octanol–water partition coefficient (Wildman–Crippen LogP) is 1.63. The van der Waals surface area contributed by atoms with Gasteiger partial charge in [0, 0.05) is 26.2 Å². The van der Waals surface area contributed by atoms with Gasteiger partial charge in [0.1, 0.15) is 5.82 Å². The Morgan fingerprint density at radius 1 is 1.35 bits per heavy atom. The third kappa shape index (κ3) is 2.93. The van der Waals surface area contributed by atoms with Crippen LogP contribution in [-0.4, -0.2) is 32.7 Å². The summed E-state index contributed by atoms with van der Waals surface area (Å²) in [7, 11) is 3.52. The van der Waals surface area contributed by atoms with Gasteiger partial charge in [-0.2, -0.15) is 5.10 Å². The lowest BCUT2D eigenvalue weighted by Crippen LogP contribution is -2.17. The van der Waals surface area contributed by atoms with Gasteiger partial charge in [-0.15, -0.1) is 0 Å². The van der Waals surface area contributed by atoms with E-state index in [1.54, 1.807) is 37.4 Å². The SMILES string of the molecule is CNc1cnc(C(C)C)nc1C(=O)Nc1cnn(C)c1. The van der Waals surface area contributed by atoms with Crippen LogP contribution in [0.15, 0.2) is 18.6 Å². The van der Waals surface area contributed by atoms with E-state index in [2.05, 4.69) is 25.7 Å². The Balaban J connectivity index is 2.29. The van der Waals surface area contributed by atoms with Crippen molar-refractivity contribution >= 4 is 17.3 Å². The number of amides is 1. The molecule has 0 spiro atoms. The van der Waals surface area contributed by atoms with E-state index >= 15 is 0 Å². The number of rotatable bonds is 4. The molecule has 2 rings (SSSR count). The monoisotopic (exact) mass is 274 g/mol. The molecular weight excluding hydrogens is 256 g/mol. The van der Waals surface area contributed by atoms with Crippen molar-refractivity contribution in [2.24, 2.45) is 7.05 Å². The van der Waals surface area contributed by atoms with Crippen molar-refractivity contribution < 1.29 is 4.79 Å². The van der Waals surface area contributed by atoms with E-state index in [0.29, 0.717) is 22.9 Å². The number of nitrogens with zero attached hydrogens (tertiary/aromatic N) is 4. The number of hydrogen-bond acceptors (Lipinski definition) is 5. The molecule has 7 nitrogen and oxygen atoms in total. The quantitative estimate of drug-likeness (QED) is 0.885. The summed E-state index contributed by atoms with van der Waals surface area (Å²) < 4.78 is 1.62. The molecule has 7 heteroatoms. The molecule has 0 atom stereocenters. The van der Waals surface area contributed by atoms with E-state index in [1.165, 1.54) is 0 Å². The Bertz CT molecular complexity index is 619. The molecule has 0 aromatic carbocycles. The van der Waals surface area contributed by atoms with Crippen LogP contribution in [-0.2, 0) is 7.05 Å². The Morgan fingerprint density at radius 3 is 2.65 bits per heavy atom. The molecule has 2 N–H and O–H groups in total. The molecule has 106 valence electrons. The van der Waals surface area contributed by atoms with E-state index < -0.39 is 0 Å². The largest absolute Gasteiger partial charge is 0.385 e. The molecule has 2 aromatic rings. The first-order valence-corrected chi connectivity index (χ1v) is 6.36. The van der Waals surface area contributed by atoms with Crippen molar-refractivity contribution in [3.05, 3.63) is 30.1 Å². The smallest absolute Gasteiger partial charge is 0.276 e. The summed E-state index contributed by atoms with van der Waals surface area (Å²) in [4.78, 5) is 20.9. The number of aryl methyl sites for hydroxylation is 1. The fourth-order valence-electron chi connectivity index (χ4n) is 1.71. The first kappa shape index (κ1) is 14.0. The molecule has 0 radical (unpaired) electrons. The predicted molar refractivity (Wildman–Crippen MR) is 76.8 cm³/mol. The van der Waals surface area contributed by atoms with Crippen molar-refractivity contribution in [2.75, 3.05) is 17.7 Å². The molecule has 1 amide bonds. The summed E-state index contributed by atoms with van der Waals surface area (Å²) in [5, 5.41) is 9.70. The summed E-state index contributed by atoms with van der Waals surface area (Å²) in [5.41, 5.74) is 1.55. The molecule has 2 aromatic heterocycles. The standard InChI is InChI=1S/C13H18N6O/c1-8(2)12-15-6-10(14-3)11(18-12)13(20)17-9-5-16-19(4)7-9/h5-8,14H,1-4H3,(H,17,20). The second kappa shape index (κ2) is 5.68. The molecule has 0 unspecified atom stereocenters. The second-order valence-corrected chi connectivity index (χ2v) is 4.75. The zero-order valence-electron chi connectivity index (χ0n) is 12.0. The molecule has 0 saturated heterocycles. The number of carbonyl (C=O) groups excluding carboxylic acids is 1. The maximum Gasteiger partial charge on any atom is 0.276 e. The first-order chi connectivity index (χ1) is 9.51. The van der Waals surface area contributed by atoms with Gasteiger partial charge < -0.3 is 10.6 Å². The average molecular weight is 274 g/mol. The lowest BCUT2D eigenvalue weighted by Gasteiger charge is -2.10. The number of anilines is 2. The Labute approximate surface area is 117 Å². The summed E-state index contributed by atoms with van der Waals surface area (Å²) in [5.74, 6) is 0.512. The topological polar surface area (TPSA) is 84.7 Å². The second-order valence-electron chi connectivity index (χ2n) is 4.75. The van der Waals surface area contributed by atoms with Gasteiger partial charge in [-0.1, -0.05) is 13.8 Å². The van der Waals surface area contributed by atoms with Crippen LogP contribution < -0.4 is 10.6 Å². The number of nitrogens with one attached hydrogen (secondary N) is 2. The highest BCUT2D eigenvalue weighted by Crippen LogP contribution is 2.17. The molecule has 2 heterocycles. The van der Waals surface area contributed by atoms with Gasteiger partial charge >= 0.3 is 0 Å². The van der Waals surface area contributed by atoms with E-state index in [1.807, 2.05) is 13.8 Å². The van der Waals surface area contributed by atoms with Crippen LogP contribution in [0.5, 0.6) is 0 Å². The molecule has 0 bridgehead atoms. The van der Waals surface area contributed by atoms with Gasteiger partial charge in [0.2, 0.25) is 0 Å². The van der Waals surface area contributed by atoms with Crippen molar-refractivity contribution in [3.8, 4) is 0 Å². The molecule has 0 aliphatic heterocycles. The van der Waals surface area contributed by atoms with Crippen molar-refractivity contribution in [1.82, 2.24) is 19.7 Å². The van der Waals surface area contributed by atoms with E-state index in [-0.39, 0.29) is 11.8 Å². The third-order valence-corrected chi connectivity index (χ3v) is 2.77. The molecule has 0 aliphatic rings. The Hall–Kier alpha value is -2.44. The average Bonchev–Trinajstić information content (AvgIpc) is 2.83. The van der Waals surface area contributed by atoms with E-state index in [0.717, 1.165) is 0 Å². The van der Waals surface area contributed by atoms with Gasteiger partial charge in [0.15, 0.2) is 5.69 Å². The molecule has 0 saturated carbocycles. The lowest BCUT2D eigenvalue weighted by molar-refractivity contribution is 0.102. The Morgan fingerprint density at radius 2 is 2.10 bits per heavy atom. The minimum atomic E-state index is -0.286. The summed E-state index contributed by atoms with van der Waals surface area (Å²) in [6.07, 6.45) is 4.93. The zero-order chi connectivity index (χ0) is 14.7. The van der Waals surface area contributed by atoms with Crippen LogP contribution in [0.4, 0.5) is 11.4 Å². The molecule has 0 aliphatic carbocycles. The van der Waals surface area contributed by atoms with Crippen LogP contribution in [0.25, 0.3) is 0 Å². The van der Waals surface area contributed by atoms with Gasteiger partial charge in [0.05, 0.1) is 23.8 Å². The molecule has 0 fully saturated rings. The summed E-state index contributed by atoms with van der Waals surface area (Å²) >= 11 is 0. The molecular formula is C13H18N6O. The maximum atomic E-state index is 12.3. The lowest BCUT2D eigenvalue weighted by atomic mass is 10.2. The van der Waals surface area contributed by atoms with Crippen LogP contribution in [0.1, 0.15) is 36.1 Å². The summed E-state index contributed by atoms with van der Waals surface area (Å²) in [6, 6.07) is 0. The third-order valence-electron chi connectivity index (χ3n) is 2.77. The zero-order valence-corrected chi connectivity index (χ0v) is 12.0. The number of carbonyl (C=O) groups is 1.